The predicted octanol–water partition coefficient (Wildman–Crippen LogP) is 3.97. The maximum absolute atomic E-state index is 13.4. The maximum Gasteiger partial charge on any atom is 0.416 e. The number of rotatable bonds is 6. The summed E-state index contributed by atoms with van der Waals surface area (Å²) in [6.45, 7) is -0.519. The van der Waals surface area contributed by atoms with Crippen LogP contribution in [0.15, 0.2) is 53.4 Å². The molecule has 0 N–H and O–H groups in total. The zero-order chi connectivity index (χ0) is 25.1. The number of hydrogen-bond donors (Lipinski definition) is 0. The van der Waals surface area contributed by atoms with E-state index in [1.807, 2.05) is 0 Å². The van der Waals surface area contributed by atoms with Crippen LogP contribution in [0.1, 0.15) is 18.4 Å². The van der Waals surface area contributed by atoms with Crippen LogP contribution < -0.4 is 4.31 Å². The molecule has 0 spiro atoms. The lowest BCUT2D eigenvalue weighted by atomic mass is 9.98. The fourth-order valence-corrected chi connectivity index (χ4v) is 5.40. The Morgan fingerprint density at radius 1 is 1.18 bits per heavy atom. The van der Waals surface area contributed by atoms with Crippen LogP contribution in [0.3, 0.4) is 0 Å². The van der Waals surface area contributed by atoms with E-state index in [1.54, 1.807) is 6.07 Å². The Balaban J connectivity index is 2.02. The van der Waals surface area contributed by atoms with E-state index >= 15 is 0 Å². The minimum Gasteiger partial charge on any atom is -0.469 e. The van der Waals surface area contributed by atoms with Gasteiger partial charge in [0.2, 0.25) is 5.91 Å². The number of alkyl halides is 3. The predicted molar refractivity (Wildman–Crippen MR) is 119 cm³/mol. The first kappa shape index (κ1) is 25.8. The minimum atomic E-state index is -4.76. The van der Waals surface area contributed by atoms with Gasteiger partial charge in [-0.1, -0.05) is 29.8 Å². The van der Waals surface area contributed by atoms with Gasteiger partial charge in [-0.3, -0.25) is 13.9 Å². The highest BCUT2D eigenvalue weighted by molar-refractivity contribution is 7.92. The molecule has 0 aromatic heterocycles. The van der Waals surface area contributed by atoms with E-state index < -0.39 is 51.8 Å². The van der Waals surface area contributed by atoms with Gasteiger partial charge in [0, 0.05) is 13.1 Å². The van der Waals surface area contributed by atoms with Gasteiger partial charge in [0.15, 0.2) is 0 Å². The summed E-state index contributed by atoms with van der Waals surface area (Å²) in [5, 5.41) is -0.272. The summed E-state index contributed by atoms with van der Waals surface area (Å²) >= 11 is 6.13. The van der Waals surface area contributed by atoms with E-state index in [-0.39, 0.29) is 23.0 Å². The Labute approximate surface area is 200 Å². The van der Waals surface area contributed by atoms with Crippen LogP contribution >= 0.6 is 11.6 Å². The third-order valence-electron chi connectivity index (χ3n) is 5.46. The van der Waals surface area contributed by atoms with Crippen LogP contribution in [-0.4, -0.2) is 51.9 Å². The number of anilines is 1. The summed E-state index contributed by atoms with van der Waals surface area (Å²) < 4.78 is 72.2. The van der Waals surface area contributed by atoms with Crippen molar-refractivity contribution in [1.82, 2.24) is 4.90 Å². The molecule has 12 heteroatoms. The molecule has 1 aliphatic heterocycles. The zero-order valence-corrected chi connectivity index (χ0v) is 19.7. The van der Waals surface area contributed by atoms with E-state index in [2.05, 4.69) is 0 Å². The second-order valence-corrected chi connectivity index (χ2v) is 9.96. The average Bonchev–Trinajstić information content (AvgIpc) is 2.82. The molecule has 0 saturated carbocycles. The van der Waals surface area contributed by atoms with Gasteiger partial charge in [-0.25, -0.2) is 8.42 Å². The molecule has 1 saturated heterocycles. The lowest BCUT2D eigenvalue weighted by Gasteiger charge is -2.33. The van der Waals surface area contributed by atoms with Crippen LogP contribution in [-0.2, 0) is 30.5 Å². The molecule has 1 unspecified atom stereocenters. The standard InChI is InChI=1S/C22H22ClF3N2O5S/c1-33-21(30)15-6-5-11-27(13-15)20(29)14-28(34(31,32)17-7-3-2-4-8-17)19-12-16(22(24,25)26)9-10-18(19)23/h2-4,7-10,12,15H,5-6,11,13-14H2,1H3. The van der Waals surface area contributed by atoms with E-state index in [1.165, 1.54) is 36.3 Å². The first-order chi connectivity index (χ1) is 15.9. The number of hydrogen-bond acceptors (Lipinski definition) is 5. The van der Waals surface area contributed by atoms with Gasteiger partial charge >= 0.3 is 12.1 Å². The molecule has 3 rings (SSSR count). The second-order valence-electron chi connectivity index (χ2n) is 7.69. The van der Waals surface area contributed by atoms with Crippen LogP contribution in [0.25, 0.3) is 0 Å². The van der Waals surface area contributed by atoms with E-state index in [0.29, 0.717) is 23.2 Å². The number of carbonyl (C=O) groups is 2. The molecule has 0 aliphatic carbocycles. The van der Waals surface area contributed by atoms with Crippen molar-refractivity contribution in [3.05, 3.63) is 59.1 Å². The molecule has 184 valence electrons. The summed E-state index contributed by atoms with van der Waals surface area (Å²) in [5.41, 5.74) is -1.59. The quantitative estimate of drug-likeness (QED) is 0.540. The normalized spacial score (nSPS) is 16.7. The molecule has 1 fully saturated rings. The minimum absolute atomic E-state index is 0.0149. The van der Waals surface area contributed by atoms with Gasteiger partial charge in [0.1, 0.15) is 6.54 Å². The van der Waals surface area contributed by atoms with Crippen molar-refractivity contribution in [2.45, 2.75) is 23.9 Å². The van der Waals surface area contributed by atoms with Gasteiger partial charge in [0.25, 0.3) is 10.0 Å². The number of nitrogens with zero attached hydrogens (tertiary/aromatic N) is 2. The molecule has 0 bridgehead atoms. The molecule has 34 heavy (non-hydrogen) atoms. The molecule has 1 aliphatic rings. The topological polar surface area (TPSA) is 84.0 Å². The molecule has 2 aromatic rings. The van der Waals surface area contributed by atoms with Crippen molar-refractivity contribution in [3.63, 3.8) is 0 Å². The molecule has 1 amide bonds. The highest BCUT2D eigenvalue weighted by Crippen LogP contribution is 2.37. The Bertz CT molecular complexity index is 1160. The highest BCUT2D eigenvalue weighted by atomic mass is 35.5. The van der Waals surface area contributed by atoms with Gasteiger partial charge in [-0.15, -0.1) is 0 Å². The number of halogens is 4. The Kier molecular flexibility index (Phi) is 7.77. The van der Waals surface area contributed by atoms with E-state index in [4.69, 9.17) is 16.3 Å². The molecule has 1 atom stereocenters. The summed E-state index contributed by atoms with van der Waals surface area (Å²) in [6, 6.07) is 9.28. The van der Waals surface area contributed by atoms with Crippen molar-refractivity contribution < 1.29 is 35.9 Å². The number of piperidine rings is 1. The maximum atomic E-state index is 13.4. The van der Waals surface area contributed by atoms with Crippen molar-refractivity contribution >= 4 is 39.2 Å². The van der Waals surface area contributed by atoms with Crippen molar-refractivity contribution in [3.8, 4) is 0 Å². The average molecular weight is 519 g/mol. The third-order valence-corrected chi connectivity index (χ3v) is 7.55. The van der Waals surface area contributed by atoms with Crippen LogP contribution in [0.4, 0.5) is 18.9 Å². The number of ether oxygens (including phenoxy) is 1. The number of sulfonamides is 1. The zero-order valence-electron chi connectivity index (χ0n) is 18.1. The smallest absolute Gasteiger partial charge is 0.416 e. The number of amides is 1. The number of carbonyl (C=O) groups excluding carboxylic acids is 2. The first-order valence-corrected chi connectivity index (χ1v) is 12.1. The SMILES string of the molecule is COC(=O)C1CCCN(C(=O)CN(c2cc(C(F)(F)F)ccc2Cl)S(=O)(=O)c2ccccc2)C1. The van der Waals surface area contributed by atoms with Crippen LogP contribution in [0.2, 0.25) is 5.02 Å². The van der Waals surface area contributed by atoms with Gasteiger partial charge < -0.3 is 9.64 Å². The van der Waals surface area contributed by atoms with E-state index in [0.717, 1.165) is 12.1 Å². The van der Waals surface area contributed by atoms with Crippen molar-refractivity contribution in [2.24, 2.45) is 5.92 Å². The van der Waals surface area contributed by atoms with Gasteiger partial charge in [-0.05, 0) is 43.2 Å². The fourth-order valence-electron chi connectivity index (χ4n) is 3.69. The fraction of sp³-hybridized carbons (Fsp3) is 0.364. The summed E-state index contributed by atoms with van der Waals surface area (Å²) in [7, 11) is -3.24. The van der Waals surface area contributed by atoms with Crippen molar-refractivity contribution in [1.29, 1.82) is 0 Å². The monoisotopic (exact) mass is 518 g/mol. The Morgan fingerprint density at radius 3 is 2.47 bits per heavy atom. The van der Waals surface area contributed by atoms with Gasteiger partial charge in [-0.2, -0.15) is 13.2 Å². The van der Waals surface area contributed by atoms with Crippen LogP contribution in [0.5, 0.6) is 0 Å². The Morgan fingerprint density at radius 2 is 1.85 bits per heavy atom. The Hall–Kier alpha value is -2.79. The lowest BCUT2D eigenvalue weighted by molar-refractivity contribution is -0.148. The molecule has 1 heterocycles. The largest absolute Gasteiger partial charge is 0.469 e. The first-order valence-electron chi connectivity index (χ1n) is 10.2. The number of esters is 1. The van der Waals surface area contributed by atoms with Gasteiger partial charge in [0.05, 0.1) is 34.2 Å². The van der Waals surface area contributed by atoms with E-state index in [9.17, 15) is 31.2 Å². The molecule has 7 nitrogen and oxygen atoms in total. The lowest BCUT2D eigenvalue weighted by Crippen LogP contribution is -2.48. The molecular weight excluding hydrogens is 497 g/mol. The van der Waals surface area contributed by atoms with Crippen molar-refractivity contribution in [2.75, 3.05) is 31.0 Å². The number of benzene rings is 2. The third kappa shape index (κ3) is 5.64. The second kappa shape index (κ2) is 10.2. The number of methoxy groups -OCH3 is 1. The summed E-state index contributed by atoms with van der Waals surface area (Å²) in [5.74, 6) is -1.74. The molecule has 0 radical (unpaired) electrons. The van der Waals surface area contributed by atoms with Crippen LogP contribution in [0, 0.1) is 5.92 Å². The highest BCUT2D eigenvalue weighted by Gasteiger charge is 2.36. The molecule has 2 aromatic carbocycles. The molecular formula is C22H22ClF3N2O5S. The summed E-state index contributed by atoms with van der Waals surface area (Å²) in [6.07, 6.45) is -3.77. The number of likely N-dealkylation sites (tertiary alicyclic amines) is 1. The summed E-state index contributed by atoms with van der Waals surface area (Å²) in [4.78, 5) is 26.1.